The fraction of sp³-hybridized carbons (Fsp3) is 0.0588. The van der Waals surface area contributed by atoms with Gasteiger partial charge in [-0.25, -0.2) is 9.97 Å². The zero-order valence-electron chi connectivity index (χ0n) is 11.5. The number of hydrogen-bond acceptors (Lipinski definition) is 3. The molecule has 3 heterocycles. The molecule has 0 aliphatic carbocycles. The Kier molecular flexibility index (Phi) is 2.89. The van der Waals surface area contributed by atoms with Crippen LogP contribution in [0.3, 0.4) is 0 Å². The summed E-state index contributed by atoms with van der Waals surface area (Å²) in [6.45, 7) is 0. The van der Waals surface area contributed by atoms with Crippen LogP contribution in [-0.4, -0.2) is 20.6 Å². The van der Waals surface area contributed by atoms with Gasteiger partial charge in [-0.15, -0.1) is 0 Å². The number of rotatable bonds is 2. The van der Waals surface area contributed by atoms with E-state index in [9.17, 15) is 0 Å². The van der Waals surface area contributed by atoms with Gasteiger partial charge < -0.3 is 0 Å². The third-order valence-corrected chi connectivity index (χ3v) is 4.27. The van der Waals surface area contributed by atoms with Gasteiger partial charge in [0, 0.05) is 23.3 Å². The summed E-state index contributed by atoms with van der Waals surface area (Å²) in [5.74, 6) is 0. The second kappa shape index (κ2) is 4.90. The molecule has 0 N–H and O–H groups in total. The summed E-state index contributed by atoms with van der Waals surface area (Å²) < 4.78 is 2.14. The molecule has 0 spiro atoms. The maximum Gasteiger partial charge on any atom is 0.173 e. The molecule has 4 rings (SSSR count). The van der Waals surface area contributed by atoms with Crippen LogP contribution in [0.1, 0.15) is 0 Å². The molecule has 1 aromatic carbocycles. The minimum Gasteiger partial charge on any atom is -0.272 e. The van der Waals surface area contributed by atoms with Crippen LogP contribution in [0.5, 0.6) is 0 Å². The molecule has 0 radical (unpaired) electrons. The highest BCUT2D eigenvalue weighted by Crippen LogP contribution is 2.35. The highest BCUT2D eigenvalue weighted by Gasteiger charge is 2.16. The van der Waals surface area contributed by atoms with E-state index < -0.39 is 0 Å². The van der Waals surface area contributed by atoms with Crippen molar-refractivity contribution in [2.45, 2.75) is 5.16 Å². The van der Waals surface area contributed by atoms with E-state index in [1.165, 1.54) is 11.1 Å². The van der Waals surface area contributed by atoms with Crippen molar-refractivity contribution in [1.82, 2.24) is 14.4 Å². The monoisotopic (exact) mass is 291 g/mol. The molecule has 3 nitrogen and oxygen atoms in total. The fourth-order valence-electron chi connectivity index (χ4n) is 2.77. The Hall–Kier alpha value is -2.33. The molecule has 0 amide bonds. The van der Waals surface area contributed by atoms with Crippen LogP contribution in [0.25, 0.3) is 27.7 Å². The second-order valence-electron chi connectivity index (χ2n) is 4.77. The first-order valence-corrected chi connectivity index (χ1v) is 7.96. The molecular weight excluding hydrogens is 278 g/mol. The molecule has 0 saturated carbocycles. The third kappa shape index (κ3) is 1.83. The lowest BCUT2D eigenvalue weighted by molar-refractivity contribution is 0.923. The van der Waals surface area contributed by atoms with Crippen LogP contribution in [0.4, 0.5) is 0 Å². The van der Waals surface area contributed by atoms with E-state index in [4.69, 9.17) is 0 Å². The second-order valence-corrected chi connectivity index (χ2v) is 5.54. The Bertz CT molecular complexity index is 929. The zero-order valence-corrected chi connectivity index (χ0v) is 12.3. The Morgan fingerprint density at radius 3 is 2.57 bits per heavy atom. The molecule has 0 fully saturated rings. The molecule has 0 unspecified atom stereocenters. The van der Waals surface area contributed by atoms with Gasteiger partial charge >= 0.3 is 0 Å². The van der Waals surface area contributed by atoms with Gasteiger partial charge in [0.15, 0.2) is 5.16 Å². The van der Waals surface area contributed by atoms with Crippen LogP contribution in [0.2, 0.25) is 0 Å². The summed E-state index contributed by atoms with van der Waals surface area (Å²) in [5, 5.41) is 2.12. The van der Waals surface area contributed by atoms with Crippen molar-refractivity contribution < 1.29 is 0 Å². The normalized spacial score (nSPS) is 11.3. The van der Waals surface area contributed by atoms with E-state index in [2.05, 4.69) is 50.8 Å². The Labute approximate surface area is 126 Å². The van der Waals surface area contributed by atoms with Crippen LogP contribution in [-0.2, 0) is 0 Å². The number of pyridine rings is 1. The van der Waals surface area contributed by atoms with Crippen LogP contribution >= 0.6 is 11.8 Å². The molecule has 102 valence electrons. The van der Waals surface area contributed by atoms with E-state index >= 15 is 0 Å². The molecule has 3 aromatic heterocycles. The highest BCUT2D eigenvalue weighted by atomic mass is 32.2. The molecule has 0 aliphatic heterocycles. The first kappa shape index (κ1) is 12.4. The van der Waals surface area contributed by atoms with E-state index in [-0.39, 0.29) is 0 Å². The van der Waals surface area contributed by atoms with Crippen molar-refractivity contribution in [2.75, 3.05) is 6.26 Å². The Morgan fingerprint density at radius 2 is 1.76 bits per heavy atom. The summed E-state index contributed by atoms with van der Waals surface area (Å²) in [5.41, 5.74) is 4.53. The SMILES string of the molecule is CSc1nccc2c(-c3ccccc3)c3cccnc3n12. The van der Waals surface area contributed by atoms with Crippen molar-refractivity contribution >= 4 is 28.3 Å². The largest absolute Gasteiger partial charge is 0.272 e. The Balaban J connectivity index is 2.23. The van der Waals surface area contributed by atoms with Crippen LogP contribution < -0.4 is 0 Å². The molecule has 0 atom stereocenters. The van der Waals surface area contributed by atoms with E-state index in [1.54, 1.807) is 11.8 Å². The summed E-state index contributed by atoms with van der Waals surface area (Å²) in [6, 6.07) is 16.6. The van der Waals surface area contributed by atoms with Gasteiger partial charge in [0.2, 0.25) is 0 Å². The van der Waals surface area contributed by atoms with Gasteiger partial charge in [0.1, 0.15) is 5.65 Å². The summed E-state index contributed by atoms with van der Waals surface area (Å²) in [7, 11) is 0. The molecule has 0 bridgehead atoms. The minimum atomic E-state index is 0.957. The quantitative estimate of drug-likeness (QED) is 0.408. The number of fused-ring (bicyclic) bond motifs is 3. The maximum atomic E-state index is 4.57. The smallest absolute Gasteiger partial charge is 0.173 e. The molecule has 0 saturated heterocycles. The van der Waals surface area contributed by atoms with Gasteiger partial charge in [-0.2, -0.15) is 0 Å². The molecular formula is C17H13N3S. The van der Waals surface area contributed by atoms with E-state index in [1.807, 2.05) is 30.8 Å². The number of thioether (sulfide) groups is 1. The van der Waals surface area contributed by atoms with Crippen molar-refractivity contribution in [2.24, 2.45) is 0 Å². The van der Waals surface area contributed by atoms with Crippen molar-refractivity contribution in [3.8, 4) is 11.1 Å². The molecule has 4 heteroatoms. The van der Waals surface area contributed by atoms with Crippen molar-refractivity contribution in [3.63, 3.8) is 0 Å². The fourth-order valence-corrected chi connectivity index (χ4v) is 3.30. The number of nitrogens with zero attached hydrogens (tertiary/aromatic N) is 3. The number of benzene rings is 1. The minimum absolute atomic E-state index is 0.957. The van der Waals surface area contributed by atoms with Gasteiger partial charge in [-0.05, 0) is 30.0 Å². The summed E-state index contributed by atoms with van der Waals surface area (Å²) >= 11 is 1.63. The lowest BCUT2D eigenvalue weighted by Crippen LogP contribution is -1.93. The van der Waals surface area contributed by atoms with Gasteiger partial charge in [0.05, 0.1) is 5.52 Å². The van der Waals surface area contributed by atoms with Gasteiger partial charge in [-0.1, -0.05) is 42.1 Å². The summed E-state index contributed by atoms with van der Waals surface area (Å²) in [6.07, 6.45) is 5.74. The molecule has 21 heavy (non-hydrogen) atoms. The predicted octanol–water partition coefficient (Wildman–Crippen LogP) is 4.27. The average Bonchev–Trinajstić information content (AvgIpc) is 2.90. The van der Waals surface area contributed by atoms with Crippen molar-refractivity contribution in [3.05, 3.63) is 60.9 Å². The van der Waals surface area contributed by atoms with E-state index in [0.717, 1.165) is 21.7 Å². The maximum absolute atomic E-state index is 4.57. The van der Waals surface area contributed by atoms with Gasteiger partial charge in [-0.3, -0.25) is 4.40 Å². The zero-order chi connectivity index (χ0) is 14.2. The average molecular weight is 291 g/mol. The van der Waals surface area contributed by atoms with Crippen LogP contribution in [0, 0.1) is 0 Å². The predicted molar refractivity (Wildman–Crippen MR) is 87.7 cm³/mol. The van der Waals surface area contributed by atoms with Gasteiger partial charge in [0.25, 0.3) is 0 Å². The standard InChI is InChI=1S/C17H13N3S/c1-21-17-19-11-9-14-15(12-6-3-2-4-7-12)13-8-5-10-18-16(13)20(14)17/h2-11H,1H3. The lowest BCUT2D eigenvalue weighted by Gasteiger charge is -2.03. The summed E-state index contributed by atoms with van der Waals surface area (Å²) in [4.78, 5) is 9.04. The van der Waals surface area contributed by atoms with Crippen molar-refractivity contribution in [1.29, 1.82) is 0 Å². The Morgan fingerprint density at radius 1 is 0.905 bits per heavy atom. The first-order valence-electron chi connectivity index (χ1n) is 6.73. The third-order valence-electron chi connectivity index (χ3n) is 3.62. The lowest BCUT2D eigenvalue weighted by atomic mass is 10.0. The van der Waals surface area contributed by atoms with E-state index in [0.29, 0.717) is 0 Å². The number of aromatic nitrogens is 3. The number of hydrogen-bond donors (Lipinski definition) is 0. The topological polar surface area (TPSA) is 30.2 Å². The highest BCUT2D eigenvalue weighted by molar-refractivity contribution is 7.98. The first-order chi connectivity index (χ1) is 10.4. The molecule has 4 aromatic rings. The molecule has 0 aliphatic rings. The van der Waals surface area contributed by atoms with Crippen LogP contribution in [0.15, 0.2) is 66.1 Å².